The Bertz CT molecular complexity index is 1100. The number of nitriles is 1. The van der Waals surface area contributed by atoms with Gasteiger partial charge in [0.25, 0.3) is 5.56 Å². The normalized spacial score (nSPS) is 14.3. The largest absolute Gasteiger partial charge is 0.369 e. The van der Waals surface area contributed by atoms with Crippen LogP contribution in [0.5, 0.6) is 0 Å². The minimum atomic E-state index is -0.476. The van der Waals surface area contributed by atoms with Crippen LogP contribution in [0.1, 0.15) is 17.7 Å². The highest BCUT2D eigenvalue weighted by Gasteiger charge is 2.17. The summed E-state index contributed by atoms with van der Waals surface area (Å²) < 4.78 is 13.8. The average Bonchev–Trinajstić information content (AvgIpc) is 2.74. The third-order valence-electron chi connectivity index (χ3n) is 5.53. The maximum absolute atomic E-state index is 13.8. The number of nitrogens with zero attached hydrogens (tertiary/aromatic N) is 3. The maximum Gasteiger partial charge on any atom is 0.258 e. The zero-order valence-electron chi connectivity index (χ0n) is 16.6. The SMILES string of the molecule is Cl.N#Cc1ccc(N2CCN(CCCc3cc4cccc(F)c4c(=O)[nH]3)CC2)cc1. The number of piperazine rings is 1. The Labute approximate surface area is 181 Å². The van der Waals surface area contributed by atoms with Gasteiger partial charge < -0.3 is 9.88 Å². The van der Waals surface area contributed by atoms with Crippen LogP contribution in [-0.4, -0.2) is 42.6 Å². The molecule has 1 aromatic heterocycles. The summed E-state index contributed by atoms with van der Waals surface area (Å²) in [7, 11) is 0. The van der Waals surface area contributed by atoms with Crippen LogP contribution < -0.4 is 10.5 Å². The number of pyridine rings is 1. The number of aryl methyl sites for hydroxylation is 1. The minimum absolute atomic E-state index is 0. The first kappa shape index (κ1) is 21.8. The summed E-state index contributed by atoms with van der Waals surface area (Å²) in [4.78, 5) is 19.8. The van der Waals surface area contributed by atoms with Crippen molar-refractivity contribution in [2.45, 2.75) is 12.8 Å². The number of aromatic nitrogens is 1. The maximum atomic E-state index is 13.8. The second-order valence-electron chi connectivity index (χ2n) is 7.42. The first-order valence-corrected chi connectivity index (χ1v) is 9.92. The molecule has 0 aliphatic carbocycles. The lowest BCUT2D eigenvalue weighted by Gasteiger charge is -2.36. The zero-order valence-corrected chi connectivity index (χ0v) is 17.4. The molecule has 1 saturated heterocycles. The number of nitrogens with one attached hydrogen (secondary N) is 1. The summed E-state index contributed by atoms with van der Waals surface area (Å²) in [6, 6.07) is 16.5. The molecule has 0 radical (unpaired) electrons. The highest BCUT2D eigenvalue weighted by Crippen LogP contribution is 2.18. The number of anilines is 1. The molecule has 2 heterocycles. The standard InChI is InChI=1S/C23H23FN4O.ClH/c24-21-5-1-3-18-15-19(26-23(29)22(18)21)4-2-10-27-11-13-28(14-12-27)20-8-6-17(16-25)7-9-20;/h1,3,5-9,15H,2,4,10-14H2,(H,26,29);1H. The molecular weight excluding hydrogens is 403 g/mol. The van der Waals surface area contributed by atoms with Crippen molar-refractivity contribution in [1.82, 2.24) is 9.88 Å². The minimum Gasteiger partial charge on any atom is -0.369 e. The van der Waals surface area contributed by atoms with Gasteiger partial charge in [-0.25, -0.2) is 4.39 Å². The molecule has 4 rings (SSSR count). The fourth-order valence-corrected chi connectivity index (χ4v) is 3.94. The summed E-state index contributed by atoms with van der Waals surface area (Å²) in [5.41, 5.74) is 2.34. The van der Waals surface area contributed by atoms with E-state index in [9.17, 15) is 9.18 Å². The Balaban J connectivity index is 0.00000256. The predicted octanol–water partition coefficient (Wildman–Crippen LogP) is 3.72. The molecule has 30 heavy (non-hydrogen) atoms. The van der Waals surface area contributed by atoms with Gasteiger partial charge in [-0.2, -0.15) is 5.26 Å². The van der Waals surface area contributed by atoms with Gasteiger partial charge in [0.15, 0.2) is 0 Å². The smallest absolute Gasteiger partial charge is 0.258 e. The first-order chi connectivity index (χ1) is 14.1. The number of rotatable bonds is 5. The lowest BCUT2D eigenvalue weighted by Crippen LogP contribution is -2.46. The van der Waals surface area contributed by atoms with Crippen molar-refractivity contribution in [3.8, 4) is 6.07 Å². The third kappa shape index (κ3) is 4.81. The molecular formula is C23H24ClFN4O. The fraction of sp³-hybridized carbons (Fsp3) is 0.304. The van der Waals surface area contributed by atoms with E-state index in [0.717, 1.165) is 56.9 Å². The molecule has 0 saturated carbocycles. The van der Waals surface area contributed by atoms with E-state index in [1.807, 2.05) is 30.3 Å². The lowest BCUT2D eigenvalue weighted by atomic mass is 10.1. The van der Waals surface area contributed by atoms with Crippen LogP contribution in [0.4, 0.5) is 10.1 Å². The van der Waals surface area contributed by atoms with Gasteiger partial charge in [0.1, 0.15) is 5.82 Å². The summed E-state index contributed by atoms with van der Waals surface area (Å²) in [5.74, 6) is -0.476. The molecule has 0 atom stereocenters. The molecule has 0 amide bonds. The van der Waals surface area contributed by atoms with E-state index >= 15 is 0 Å². The van der Waals surface area contributed by atoms with Crippen LogP contribution in [0.2, 0.25) is 0 Å². The monoisotopic (exact) mass is 426 g/mol. The predicted molar refractivity (Wildman–Crippen MR) is 120 cm³/mol. The molecule has 156 valence electrons. The molecule has 1 N–H and O–H groups in total. The third-order valence-corrected chi connectivity index (χ3v) is 5.53. The molecule has 2 aromatic carbocycles. The Morgan fingerprint density at radius 3 is 2.50 bits per heavy atom. The summed E-state index contributed by atoms with van der Waals surface area (Å²) in [6.07, 6.45) is 1.70. The van der Waals surface area contributed by atoms with Crippen molar-refractivity contribution in [3.05, 3.63) is 76.0 Å². The fourth-order valence-electron chi connectivity index (χ4n) is 3.94. The highest BCUT2D eigenvalue weighted by molar-refractivity contribution is 5.85. The number of hydrogen-bond acceptors (Lipinski definition) is 4. The lowest BCUT2D eigenvalue weighted by molar-refractivity contribution is 0.255. The number of hydrogen-bond donors (Lipinski definition) is 1. The number of benzene rings is 2. The summed E-state index contributed by atoms with van der Waals surface area (Å²) in [5, 5.41) is 9.70. The summed E-state index contributed by atoms with van der Waals surface area (Å²) >= 11 is 0. The Hall–Kier alpha value is -2.88. The van der Waals surface area contributed by atoms with Crippen molar-refractivity contribution in [2.24, 2.45) is 0 Å². The van der Waals surface area contributed by atoms with E-state index in [0.29, 0.717) is 10.9 Å². The molecule has 1 aliphatic rings. The van der Waals surface area contributed by atoms with Crippen LogP contribution in [0.15, 0.2) is 53.3 Å². The van der Waals surface area contributed by atoms with Crippen molar-refractivity contribution < 1.29 is 4.39 Å². The second kappa shape index (κ2) is 9.75. The van der Waals surface area contributed by atoms with E-state index in [-0.39, 0.29) is 23.4 Å². The van der Waals surface area contributed by atoms with Crippen molar-refractivity contribution in [3.63, 3.8) is 0 Å². The molecule has 7 heteroatoms. The molecule has 5 nitrogen and oxygen atoms in total. The molecule has 0 bridgehead atoms. The quantitative estimate of drug-likeness (QED) is 0.675. The van der Waals surface area contributed by atoms with E-state index in [1.54, 1.807) is 12.1 Å². The Morgan fingerprint density at radius 1 is 1.07 bits per heavy atom. The molecule has 0 unspecified atom stereocenters. The van der Waals surface area contributed by atoms with Gasteiger partial charge >= 0.3 is 0 Å². The van der Waals surface area contributed by atoms with Gasteiger partial charge in [0.2, 0.25) is 0 Å². The van der Waals surface area contributed by atoms with Crippen molar-refractivity contribution in [1.29, 1.82) is 5.26 Å². The van der Waals surface area contributed by atoms with Crippen LogP contribution >= 0.6 is 12.4 Å². The van der Waals surface area contributed by atoms with Gasteiger partial charge in [-0.1, -0.05) is 12.1 Å². The van der Waals surface area contributed by atoms with E-state index < -0.39 is 5.82 Å². The van der Waals surface area contributed by atoms with Gasteiger partial charge in [-0.15, -0.1) is 12.4 Å². The highest BCUT2D eigenvalue weighted by atomic mass is 35.5. The van der Waals surface area contributed by atoms with Gasteiger partial charge in [0, 0.05) is 37.6 Å². The van der Waals surface area contributed by atoms with Crippen LogP contribution in [0.3, 0.4) is 0 Å². The Morgan fingerprint density at radius 2 is 1.80 bits per heavy atom. The van der Waals surface area contributed by atoms with Gasteiger partial charge in [-0.05, 0) is 61.2 Å². The number of H-pyrrole nitrogens is 1. The topological polar surface area (TPSA) is 63.1 Å². The number of aromatic amines is 1. The van der Waals surface area contributed by atoms with Gasteiger partial charge in [-0.3, -0.25) is 9.69 Å². The number of halogens is 2. The molecule has 0 spiro atoms. The average molecular weight is 427 g/mol. The molecule has 1 aliphatic heterocycles. The van der Waals surface area contributed by atoms with Crippen LogP contribution in [0, 0.1) is 17.1 Å². The summed E-state index contributed by atoms with van der Waals surface area (Å²) in [6.45, 7) is 4.85. The Kier molecular flexibility index (Phi) is 7.09. The van der Waals surface area contributed by atoms with E-state index in [4.69, 9.17) is 5.26 Å². The van der Waals surface area contributed by atoms with Crippen molar-refractivity contribution in [2.75, 3.05) is 37.6 Å². The molecule has 3 aromatic rings. The molecule has 1 fully saturated rings. The van der Waals surface area contributed by atoms with E-state index in [2.05, 4.69) is 20.9 Å². The van der Waals surface area contributed by atoms with Gasteiger partial charge in [0.05, 0.1) is 17.0 Å². The first-order valence-electron chi connectivity index (χ1n) is 9.92. The van der Waals surface area contributed by atoms with Crippen molar-refractivity contribution >= 4 is 28.9 Å². The van der Waals surface area contributed by atoms with Crippen LogP contribution in [0.25, 0.3) is 10.8 Å². The zero-order chi connectivity index (χ0) is 20.2. The van der Waals surface area contributed by atoms with E-state index in [1.165, 1.54) is 6.07 Å². The number of fused-ring (bicyclic) bond motifs is 1. The second-order valence-corrected chi connectivity index (χ2v) is 7.42. The van der Waals surface area contributed by atoms with Crippen LogP contribution in [-0.2, 0) is 6.42 Å².